The van der Waals surface area contributed by atoms with Crippen molar-refractivity contribution >= 4 is 9.84 Å². The Morgan fingerprint density at radius 1 is 1.37 bits per heavy atom. The molecular formula is C14H24N2O2S. The van der Waals surface area contributed by atoms with E-state index in [0.717, 1.165) is 25.1 Å². The van der Waals surface area contributed by atoms with E-state index in [2.05, 4.69) is 30.2 Å². The number of sulfone groups is 1. The normalized spacial score (nSPS) is 13.4. The van der Waals surface area contributed by atoms with E-state index in [1.165, 1.54) is 11.8 Å². The molecule has 1 aromatic heterocycles. The van der Waals surface area contributed by atoms with Gasteiger partial charge in [0.2, 0.25) is 0 Å². The van der Waals surface area contributed by atoms with E-state index in [4.69, 9.17) is 0 Å². The maximum atomic E-state index is 11.2. The van der Waals surface area contributed by atoms with Gasteiger partial charge < -0.3 is 5.32 Å². The van der Waals surface area contributed by atoms with E-state index in [1.807, 2.05) is 6.07 Å². The van der Waals surface area contributed by atoms with Crippen LogP contribution in [0.15, 0.2) is 18.3 Å². The van der Waals surface area contributed by atoms with Crippen molar-refractivity contribution in [3.63, 3.8) is 0 Å². The Morgan fingerprint density at radius 2 is 2.11 bits per heavy atom. The van der Waals surface area contributed by atoms with Gasteiger partial charge in [-0.2, -0.15) is 0 Å². The maximum absolute atomic E-state index is 11.2. The fraction of sp³-hybridized carbons (Fsp3) is 0.643. The number of nitrogens with zero attached hydrogens (tertiary/aromatic N) is 1. The molecule has 0 aliphatic rings. The zero-order chi connectivity index (χ0) is 14.3. The Bertz CT molecular complexity index is 486. The molecule has 1 rings (SSSR count). The summed E-state index contributed by atoms with van der Waals surface area (Å²) in [7, 11) is -2.88. The SMILES string of the molecule is CCNC(CCCS(C)(=O)=O)c1ncccc1CC. The quantitative estimate of drug-likeness (QED) is 0.794. The highest BCUT2D eigenvalue weighted by atomic mass is 32.2. The van der Waals surface area contributed by atoms with Crippen LogP contribution in [0.25, 0.3) is 0 Å². The molecule has 0 aromatic carbocycles. The van der Waals surface area contributed by atoms with Crippen LogP contribution in [0.2, 0.25) is 0 Å². The van der Waals surface area contributed by atoms with Gasteiger partial charge in [0.1, 0.15) is 9.84 Å². The van der Waals surface area contributed by atoms with Crippen molar-refractivity contribution in [3.05, 3.63) is 29.6 Å². The molecular weight excluding hydrogens is 260 g/mol. The summed E-state index contributed by atoms with van der Waals surface area (Å²) in [5.41, 5.74) is 2.29. The lowest BCUT2D eigenvalue weighted by atomic mass is 10.0. The predicted octanol–water partition coefficient (Wildman–Crippen LogP) is 2.12. The van der Waals surface area contributed by atoms with Crippen molar-refractivity contribution < 1.29 is 8.42 Å². The van der Waals surface area contributed by atoms with Crippen LogP contribution in [0.3, 0.4) is 0 Å². The molecule has 1 atom stereocenters. The molecule has 0 saturated heterocycles. The Hall–Kier alpha value is -0.940. The lowest BCUT2D eigenvalue weighted by Gasteiger charge is -2.19. The molecule has 1 N–H and O–H groups in total. The molecule has 0 spiro atoms. The van der Waals surface area contributed by atoms with Crippen molar-refractivity contribution in [1.29, 1.82) is 0 Å². The fourth-order valence-corrected chi connectivity index (χ4v) is 2.89. The average molecular weight is 284 g/mol. The van der Waals surface area contributed by atoms with Gasteiger partial charge in [-0.3, -0.25) is 4.98 Å². The second-order valence-corrected chi connectivity index (χ2v) is 7.04. The smallest absolute Gasteiger partial charge is 0.147 e. The van der Waals surface area contributed by atoms with Gasteiger partial charge in [-0.15, -0.1) is 0 Å². The summed E-state index contributed by atoms with van der Waals surface area (Å²) in [6, 6.07) is 4.17. The third-order valence-corrected chi connectivity index (χ3v) is 4.13. The lowest BCUT2D eigenvalue weighted by molar-refractivity contribution is 0.492. The summed E-state index contributed by atoms with van der Waals surface area (Å²) in [4.78, 5) is 4.47. The second kappa shape index (κ2) is 7.60. The van der Waals surface area contributed by atoms with E-state index < -0.39 is 9.84 Å². The summed E-state index contributed by atoms with van der Waals surface area (Å²) < 4.78 is 22.4. The highest BCUT2D eigenvalue weighted by molar-refractivity contribution is 7.90. The summed E-state index contributed by atoms with van der Waals surface area (Å²) in [5, 5.41) is 3.40. The fourth-order valence-electron chi connectivity index (χ4n) is 2.20. The third kappa shape index (κ3) is 5.70. The molecule has 19 heavy (non-hydrogen) atoms. The van der Waals surface area contributed by atoms with E-state index in [0.29, 0.717) is 6.42 Å². The monoisotopic (exact) mass is 284 g/mol. The number of nitrogens with one attached hydrogen (secondary N) is 1. The summed E-state index contributed by atoms with van der Waals surface area (Å²) in [5.74, 6) is 0.239. The first-order valence-electron chi connectivity index (χ1n) is 6.82. The van der Waals surface area contributed by atoms with E-state index in [-0.39, 0.29) is 11.8 Å². The first kappa shape index (κ1) is 16.1. The Balaban J connectivity index is 2.76. The summed E-state index contributed by atoms with van der Waals surface area (Å²) >= 11 is 0. The maximum Gasteiger partial charge on any atom is 0.147 e. The van der Waals surface area contributed by atoms with Crippen LogP contribution >= 0.6 is 0 Å². The van der Waals surface area contributed by atoms with Crippen LogP contribution in [-0.4, -0.2) is 32.0 Å². The van der Waals surface area contributed by atoms with Crippen LogP contribution < -0.4 is 5.32 Å². The molecule has 4 nitrogen and oxygen atoms in total. The number of hydrogen-bond acceptors (Lipinski definition) is 4. The van der Waals surface area contributed by atoms with Crippen LogP contribution in [0.5, 0.6) is 0 Å². The van der Waals surface area contributed by atoms with Crippen LogP contribution in [0, 0.1) is 0 Å². The van der Waals surface area contributed by atoms with Gasteiger partial charge in [0, 0.05) is 24.2 Å². The molecule has 0 saturated carbocycles. The number of hydrogen-bond donors (Lipinski definition) is 1. The van der Waals surface area contributed by atoms with Gasteiger partial charge in [0.05, 0.1) is 5.69 Å². The molecule has 5 heteroatoms. The Kier molecular flexibility index (Phi) is 6.45. The van der Waals surface area contributed by atoms with Crippen molar-refractivity contribution in [2.45, 2.75) is 39.2 Å². The highest BCUT2D eigenvalue weighted by Crippen LogP contribution is 2.20. The highest BCUT2D eigenvalue weighted by Gasteiger charge is 2.15. The van der Waals surface area contributed by atoms with Gasteiger partial charge in [-0.25, -0.2) is 8.42 Å². The van der Waals surface area contributed by atoms with Crippen molar-refractivity contribution in [2.24, 2.45) is 0 Å². The minimum atomic E-state index is -2.88. The first-order valence-corrected chi connectivity index (χ1v) is 8.88. The molecule has 0 aliphatic heterocycles. The first-order chi connectivity index (χ1) is 8.98. The van der Waals surface area contributed by atoms with Gasteiger partial charge >= 0.3 is 0 Å². The molecule has 0 bridgehead atoms. The zero-order valence-corrected chi connectivity index (χ0v) is 12.8. The molecule has 1 unspecified atom stereocenters. The van der Waals surface area contributed by atoms with Gasteiger partial charge in [0.15, 0.2) is 0 Å². The zero-order valence-electron chi connectivity index (χ0n) is 12.0. The minimum absolute atomic E-state index is 0.142. The van der Waals surface area contributed by atoms with Crippen LogP contribution in [0.1, 0.15) is 44.0 Å². The number of rotatable bonds is 8. The van der Waals surface area contributed by atoms with Crippen LogP contribution in [0.4, 0.5) is 0 Å². The molecule has 0 fully saturated rings. The average Bonchev–Trinajstić information content (AvgIpc) is 2.36. The van der Waals surface area contributed by atoms with E-state index >= 15 is 0 Å². The third-order valence-electron chi connectivity index (χ3n) is 3.10. The number of aromatic nitrogens is 1. The van der Waals surface area contributed by atoms with E-state index in [1.54, 1.807) is 6.20 Å². The van der Waals surface area contributed by atoms with Gasteiger partial charge in [-0.05, 0) is 37.4 Å². The van der Waals surface area contributed by atoms with Crippen molar-refractivity contribution in [2.75, 3.05) is 18.6 Å². The molecule has 108 valence electrons. The topological polar surface area (TPSA) is 59.1 Å². The number of pyridine rings is 1. The van der Waals surface area contributed by atoms with Crippen LogP contribution in [-0.2, 0) is 16.3 Å². The van der Waals surface area contributed by atoms with E-state index in [9.17, 15) is 8.42 Å². The van der Waals surface area contributed by atoms with Gasteiger partial charge in [0.25, 0.3) is 0 Å². The molecule has 0 amide bonds. The lowest BCUT2D eigenvalue weighted by Crippen LogP contribution is -2.23. The minimum Gasteiger partial charge on any atom is -0.309 e. The number of aryl methyl sites for hydroxylation is 1. The Morgan fingerprint density at radius 3 is 2.68 bits per heavy atom. The predicted molar refractivity (Wildman–Crippen MR) is 79.0 cm³/mol. The molecule has 1 heterocycles. The standard InChI is InChI=1S/C14H24N2O2S/c1-4-12-8-6-10-16-14(12)13(15-5-2)9-7-11-19(3,17)18/h6,8,10,13,15H,4-5,7,9,11H2,1-3H3. The van der Waals surface area contributed by atoms with Crippen molar-refractivity contribution in [1.82, 2.24) is 10.3 Å². The molecule has 0 aliphatic carbocycles. The Labute approximate surface area is 116 Å². The summed E-state index contributed by atoms with van der Waals surface area (Å²) in [6.07, 6.45) is 5.49. The second-order valence-electron chi connectivity index (χ2n) is 4.78. The van der Waals surface area contributed by atoms with Gasteiger partial charge in [-0.1, -0.05) is 19.9 Å². The van der Waals surface area contributed by atoms with Crippen molar-refractivity contribution in [3.8, 4) is 0 Å². The molecule has 1 aromatic rings. The largest absolute Gasteiger partial charge is 0.309 e. The molecule has 0 radical (unpaired) electrons. The summed E-state index contributed by atoms with van der Waals surface area (Å²) in [6.45, 7) is 5.02.